The van der Waals surface area contributed by atoms with Gasteiger partial charge in [-0.15, -0.1) is 0 Å². The van der Waals surface area contributed by atoms with Gasteiger partial charge in [0.05, 0.1) is 6.04 Å². The van der Waals surface area contributed by atoms with Gasteiger partial charge < -0.3 is 14.6 Å². The molecule has 1 fully saturated rings. The Labute approximate surface area is 139 Å². The fraction of sp³-hybridized carbons (Fsp3) is 0.667. The van der Waals surface area contributed by atoms with Gasteiger partial charge in [0, 0.05) is 25.4 Å². The van der Waals surface area contributed by atoms with Gasteiger partial charge in [0.15, 0.2) is 5.69 Å². The summed E-state index contributed by atoms with van der Waals surface area (Å²) in [6.07, 6.45) is 3.95. The summed E-state index contributed by atoms with van der Waals surface area (Å²) < 4.78 is 1.75. The van der Waals surface area contributed by atoms with Crippen LogP contribution in [0.15, 0.2) is 4.79 Å². The zero-order valence-electron chi connectivity index (χ0n) is 13.5. The number of aromatic hydroxyl groups is 1. The van der Waals surface area contributed by atoms with E-state index >= 15 is 0 Å². The van der Waals surface area contributed by atoms with Gasteiger partial charge in [0.2, 0.25) is 5.75 Å². The van der Waals surface area contributed by atoms with E-state index in [-0.39, 0.29) is 17.6 Å². The second-order valence-electron chi connectivity index (χ2n) is 6.05. The smallest absolute Gasteiger partial charge is 0.315 e. The summed E-state index contributed by atoms with van der Waals surface area (Å²) in [5.41, 5.74) is -0.598. The molecule has 1 unspecified atom stereocenters. The number of hydrogen-bond acceptors (Lipinski definition) is 6. The van der Waals surface area contributed by atoms with Crippen molar-refractivity contribution in [1.29, 1.82) is 0 Å². The Morgan fingerprint density at radius 2 is 2.09 bits per heavy atom. The molecule has 1 amide bonds. The highest BCUT2D eigenvalue weighted by atomic mass is 32.2. The number of carbonyl (C=O) groups excluding carboxylic acids is 1. The SMILES string of the molecule is CSCCN1CCn2c(C3CCCN3C)nc(=O)c(O)c2C1=O. The lowest BCUT2D eigenvalue weighted by molar-refractivity contribution is 0.0702. The van der Waals surface area contributed by atoms with E-state index < -0.39 is 11.3 Å². The lowest BCUT2D eigenvalue weighted by Crippen LogP contribution is -2.44. The molecule has 3 heterocycles. The van der Waals surface area contributed by atoms with Crippen molar-refractivity contribution in [2.24, 2.45) is 0 Å². The van der Waals surface area contributed by atoms with Crippen molar-refractivity contribution in [2.75, 3.05) is 38.7 Å². The van der Waals surface area contributed by atoms with E-state index in [9.17, 15) is 14.7 Å². The number of fused-ring (bicyclic) bond motifs is 1. The molecule has 7 nitrogen and oxygen atoms in total. The largest absolute Gasteiger partial charge is 0.501 e. The second-order valence-corrected chi connectivity index (χ2v) is 7.03. The average molecular weight is 338 g/mol. The molecule has 0 spiro atoms. The zero-order valence-corrected chi connectivity index (χ0v) is 14.3. The molecule has 1 N–H and O–H groups in total. The molecule has 23 heavy (non-hydrogen) atoms. The zero-order chi connectivity index (χ0) is 16.6. The van der Waals surface area contributed by atoms with Gasteiger partial charge in [-0.3, -0.25) is 14.5 Å². The summed E-state index contributed by atoms with van der Waals surface area (Å²) in [7, 11) is 2.00. The van der Waals surface area contributed by atoms with Crippen molar-refractivity contribution < 1.29 is 9.90 Å². The van der Waals surface area contributed by atoms with E-state index in [1.807, 2.05) is 13.3 Å². The van der Waals surface area contributed by atoms with Crippen LogP contribution in [0.1, 0.15) is 35.2 Å². The molecule has 126 valence electrons. The Bertz CT molecular complexity index is 675. The number of amides is 1. The first-order valence-electron chi connectivity index (χ1n) is 7.86. The highest BCUT2D eigenvalue weighted by molar-refractivity contribution is 7.98. The van der Waals surface area contributed by atoms with Gasteiger partial charge in [-0.1, -0.05) is 0 Å². The molecule has 0 aromatic carbocycles. The Hall–Kier alpha value is -1.54. The molecule has 3 rings (SSSR count). The van der Waals surface area contributed by atoms with E-state index in [2.05, 4.69) is 9.88 Å². The maximum Gasteiger partial charge on any atom is 0.315 e. The monoisotopic (exact) mass is 338 g/mol. The van der Waals surface area contributed by atoms with Gasteiger partial charge in [-0.05, 0) is 32.7 Å². The van der Waals surface area contributed by atoms with Crippen molar-refractivity contribution in [3.63, 3.8) is 0 Å². The number of nitrogens with zero attached hydrogens (tertiary/aromatic N) is 4. The highest BCUT2D eigenvalue weighted by Crippen LogP contribution is 2.31. The van der Waals surface area contributed by atoms with Crippen LogP contribution in [0, 0.1) is 0 Å². The summed E-state index contributed by atoms with van der Waals surface area (Å²) >= 11 is 1.67. The minimum absolute atomic E-state index is 0.0348. The minimum Gasteiger partial charge on any atom is -0.501 e. The maximum atomic E-state index is 12.7. The molecule has 1 saturated heterocycles. The van der Waals surface area contributed by atoms with Crippen molar-refractivity contribution in [3.05, 3.63) is 21.9 Å². The topological polar surface area (TPSA) is 78.7 Å². The number of likely N-dealkylation sites (tertiary alicyclic amines) is 1. The number of carbonyl (C=O) groups is 1. The van der Waals surface area contributed by atoms with E-state index in [1.54, 1.807) is 21.2 Å². The van der Waals surface area contributed by atoms with Crippen LogP contribution >= 0.6 is 11.8 Å². The van der Waals surface area contributed by atoms with E-state index in [1.165, 1.54) is 0 Å². The summed E-state index contributed by atoms with van der Waals surface area (Å²) in [5, 5.41) is 10.1. The van der Waals surface area contributed by atoms with Crippen LogP contribution in [-0.4, -0.2) is 69.1 Å². The number of aromatic nitrogens is 2. The molecule has 0 bridgehead atoms. The molecular formula is C15H22N4O3S. The Morgan fingerprint density at radius 3 is 2.74 bits per heavy atom. The van der Waals surface area contributed by atoms with Crippen LogP contribution in [0.25, 0.3) is 0 Å². The molecule has 2 aliphatic heterocycles. The normalized spacial score (nSPS) is 21.7. The molecule has 1 aromatic heterocycles. The predicted octanol–water partition coefficient (Wildman–Crippen LogP) is 0.534. The Balaban J connectivity index is 2.04. The highest BCUT2D eigenvalue weighted by Gasteiger charge is 2.34. The van der Waals surface area contributed by atoms with Gasteiger partial charge in [0.25, 0.3) is 5.91 Å². The molecule has 2 aliphatic rings. The molecule has 0 aliphatic carbocycles. The first-order valence-corrected chi connectivity index (χ1v) is 9.26. The van der Waals surface area contributed by atoms with Gasteiger partial charge in [-0.2, -0.15) is 16.7 Å². The lowest BCUT2D eigenvalue weighted by Gasteiger charge is -2.33. The second kappa shape index (κ2) is 6.52. The third-order valence-corrected chi connectivity index (χ3v) is 5.25. The quantitative estimate of drug-likeness (QED) is 0.863. The molecule has 0 saturated carbocycles. The van der Waals surface area contributed by atoms with Crippen molar-refractivity contribution in [1.82, 2.24) is 19.4 Å². The standard InChI is InChI=1S/C15H22N4O3S/c1-17-5-3-4-10(17)13-16-14(21)12(20)11-15(22)18(8-9-23-2)6-7-19(11)13/h10,20H,3-9H2,1-2H3. The Kier molecular flexibility index (Phi) is 4.63. The molecule has 1 aromatic rings. The van der Waals surface area contributed by atoms with Gasteiger partial charge in [0.1, 0.15) is 5.82 Å². The van der Waals surface area contributed by atoms with Gasteiger partial charge >= 0.3 is 5.56 Å². The molecule has 1 atom stereocenters. The van der Waals surface area contributed by atoms with Crippen LogP contribution in [0.4, 0.5) is 0 Å². The van der Waals surface area contributed by atoms with Crippen LogP contribution in [0.3, 0.4) is 0 Å². The van der Waals surface area contributed by atoms with E-state index in [0.29, 0.717) is 25.5 Å². The fourth-order valence-corrected chi connectivity index (χ4v) is 3.78. The minimum atomic E-state index is -0.702. The summed E-state index contributed by atoms with van der Waals surface area (Å²) in [6, 6.07) is 0.0348. The summed E-state index contributed by atoms with van der Waals surface area (Å²) in [6.45, 7) is 2.72. The Morgan fingerprint density at radius 1 is 1.30 bits per heavy atom. The first kappa shape index (κ1) is 16.3. The number of rotatable bonds is 4. The third-order valence-electron chi connectivity index (χ3n) is 4.66. The van der Waals surface area contributed by atoms with Crippen molar-refractivity contribution >= 4 is 17.7 Å². The number of thioether (sulfide) groups is 1. The molecular weight excluding hydrogens is 316 g/mol. The van der Waals surface area contributed by atoms with E-state index in [0.717, 1.165) is 25.1 Å². The average Bonchev–Trinajstić information content (AvgIpc) is 2.95. The van der Waals surface area contributed by atoms with Crippen molar-refractivity contribution in [3.8, 4) is 5.75 Å². The van der Waals surface area contributed by atoms with Gasteiger partial charge in [-0.25, -0.2) is 0 Å². The van der Waals surface area contributed by atoms with E-state index in [4.69, 9.17) is 0 Å². The fourth-order valence-electron chi connectivity index (χ4n) is 3.38. The maximum absolute atomic E-state index is 12.7. The molecule has 0 radical (unpaired) electrons. The first-order chi connectivity index (χ1) is 11.0. The molecule has 8 heteroatoms. The van der Waals surface area contributed by atoms with Crippen LogP contribution in [-0.2, 0) is 6.54 Å². The van der Waals surface area contributed by atoms with Crippen molar-refractivity contribution in [2.45, 2.75) is 25.4 Å². The summed E-state index contributed by atoms with van der Waals surface area (Å²) in [4.78, 5) is 32.7. The van der Waals surface area contributed by atoms with Crippen LogP contribution < -0.4 is 5.56 Å². The predicted molar refractivity (Wildman–Crippen MR) is 89.1 cm³/mol. The summed E-state index contributed by atoms with van der Waals surface area (Å²) in [5.74, 6) is 0.651. The van der Waals surface area contributed by atoms with Crippen LogP contribution in [0.5, 0.6) is 5.75 Å². The third kappa shape index (κ3) is 2.85. The number of hydrogen-bond donors (Lipinski definition) is 1. The van der Waals surface area contributed by atoms with Crippen LogP contribution in [0.2, 0.25) is 0 Å². The lowest BCUT2D eigenvalue weighted by atomic mass is 10.1.